The Bertz CT molecular complexity index is 429. The fourth-order valence-electron chi connectivity index (χ4n) is 1.44. The molecular formula is C9H14N6. The molecule has 0 radical (unpaired) electrons. The van der Waals surface area contributed by atoms with Gasteiger partial charge in [0.2, 0.25) is 0 Å². The second kappa shape index (κ2) is 4.22. The fourth-order valence-corrected chi connectivity index (χ4v) is 1.44. The van der Waals surface area contributed by atoms with Crippen molar-refractivity contribution < 1.29 is 0 Å². The molecule has 0 aliphatic heterocycles. The van der Waals surface area contributed by atoms with Crippen LogP contribution in [0.2, 0.25) is 0 Å². The van der Waals surface area contributed by atoms with Gasteiger partial charge >= 0.3 is 0 Å². The molecule has 0 atom stereocenters. The van der Waals surface area contributed by atoms with Gasteiger partial charge in [0, 0.05) is 13.1 Å². The number of nitrogens with two attached hydrogens (primary N) is 1. The minimum Gasteiger partial charge on any atom is -0.330 e. The van der Waals surface area contributed by atoms with Crippen LogP contribution in [-0.4, -0.2) is 31.1 Å². The maximum absolute atomic E-state index is 5.44. The molecule has 0 aromatic carbocycles. The van der Waals surface area contributed by atoms with E-state index in [1.807, 2.05) is 10.8 Å². The summed E-state index contributed by atoms with van der Waals surface area (Å²) in [7, 11) is 0. The monoisotopic (exact) mass is 206 g/mol. The van der Waals surface area contributed by atoms with Crippen molar-refractivity contribution in [3.63, 3.8) is 0 Å². The molecule has 15 heavy (non-hydrogen) atoms. The molecule has 0 amide bonds. The van der Waals surface area contributed by atoms with Crippen LogP contribution in [0.3, 0.4) is 0 Å². The van der Waals surface area contributed by atoms with E-state index in [-0.39, 0.29) is 0 Å². The van der Waals surface area contributed by atoms with Crippen molar-refractivity contribution in [1.82, 2.24) is 24.5 Å². The van der Waals surface area contributed by atoms with E-state index in [1.54, 1.807) is 17.2 Å². The van der Waals surface area contributed by atoms with E-state index < -0.39 is 0 Å². The largest absolute Gasteiger partial charge is 0.330 e. The maximum Gasteiger partial charge on any atom is 0.131 e. The Hall–Kier alpha value is -1.69. The quantitative estimate of drug-likeness (QED) is 0.771. The number of nitrogens with zero attached hydrogens (tertiary/aromatic N) is 5. The van der Waals surface area contributed by atoms with Gasteiger partial charge in [0.15, 0.2) is 0 Å². The van der Waals surface area contributed by atoms with Crippen LogP contribution in [0.5, 0.6) is 0 Å². The number of imidazole rings is 1. The summed E-state index contributed by atoms with van der Waals surface area (Å²) in [5.74, 6) is 0. The van der Waals surface area contributed by atoms with Crippen molar-refractivity contribution in [2.75, 3.05) is 6.54 Å². The molecule has 6 nitrogen and oxygen atoms in total. The van der Waals surface area contributed by atoms with Gasteiger partial charge in [-0.2, -0.15) is 0 Å². The van der Waals surface area contributed by atoms with Crippen LogP contribution in [-0.2, 0) is 13.1 Å². The summed E-state index contributed by atoms with van der Waals surface area (Å²) in [6.45, 7) is 4.19. The highest BCUT2D eigenvalue weighted by atomic mass is 15.4. The summed E-state index contributed by atoms with van der Waals surface area (Å²) in [4.78, 5) is 4.09. The molecule has 0 saturated carbocycles. The van der Waals surface area contributed by atoms with Gasteiger partial charge in [-0.05, 0) is 6.92 Å². The summed E-state index contributed by atoms with van der Waals surface area (Å²) in [5, 5.41) is 8.07. The molecule has 80 valence electrons. The fraction of sp³-hybridized carbons (Fsp3) is 0.444. The lowest BCUT2D eigenvalue weighted by Gasteiger charge is -1.99. The van der Waals surface area contributed by atoms with Crippen molar-refractivity contribution in [2.24, 2.45) is 5.73 Å². The molecule has 2 heterocycles. The predicted molar refractivity (Wildman–Crippen MR) is 56.0 cm³/mol. The highest BCUT2D eigenvalue weighted by molar-refractivity contribution is 5.51. The Kier molecular flexibility index (Phi) is 2.77. The minimum atomic E-state index is 0.565. The van der Waals surface area contributed by atoms with Crippen LogP contribution in [0.25, 0.3) is 11.4 Å². The molecule has 2 aromatic rings. The van der Waals surface area contributed by atoms with E-state index in [2.05, 4.69) is 22.2 Å². The third-order valence-electron chi connectivity index (χ3n) is 2.21. The first-order chi connectivity index (χ1) is 7.35. The molecule has 0 unspecified atom stereocenters. The van der Waals surface area contributed by atoms with Crippen molar-refractivity contribution >= 4 is 0 Å². The Morgan fingerprint density at radius 2 is 2.33 bits per heavy atom. The summed E-state index contributed by atoms with van der Waals surface area (Å²) in [6, 6.07) is 0. The Morgan fingerprint density at radius 3 is 3.07 bits per heavy atom. The SMILES string of the molecule is CCn1cncc1-c1cn(CCN)nn1. The zero-order valence-electron chi connectivity index (χ0n) is 8.67. The smallest absolute Gasteiger partial charge is 0.131 e. The molecule has 0 saturated heterocycles. The second-order valence-electron chi connectivity index (χ2n) is 3.22. The second-order valence-corrected chi connectivity index (χ2v) is 3.22. The normalized spacial score (nSPS) is 10.8. The van der Waals surface area contributed by atoms with E-state index in [1.165, 1.54) is 0 Å². The average molecular weight is 206 g/mol. The van der Waals surface area contributed by atoms with Crippen LogP contribution in [0.1, 0.15) is 6.92 Å². The first-order valence-corrected chi connectivity index (χ1v) is 4.96. The van der Waals surface area contributed by atoms with Crippen LogP contribution in [0.15, 0.2) is 18.7 Å². The molecule has 0 bridgehead atoms. The summed E-state index contributed by atoms with van der Waals surface area (Å²) in [5.41, 5.74) is 7.26. The van der Waals surface area contributed by atoms with E-state index in [0.29, 0.717) is 13.1 Å². The molecule has 0 fully saturated rings. The molecule has 0 spiro atoms. The number of hydrogen-bond donors (Lipinski definition) is 1. The third-order valence-corrected chi connectivity index (χ3v) is 2.21. The Labute approximate surface area is 87.7 Å². The summed E-state index contributed by atoms with van der Waals surface area (Å²) < 4.78 is 3.76. The van der Waals surface area contributed by atoms with Crippen molar-refractivity contribution in [3.05, 3.63) is 18.7 Å². The topological polar surface area (TPSA) is 74.5 Å². The summed E-state index contributed by atoms with van der Waals surface area (Å²) in [6.07, 6.45) is 5.47. The zero-order chi connectivity index (χ0) is 10.7. The van der Waals surface area contributed by atoms with E-state index in [9.17, 15) is 0 Å². The highest BCUT2D eigenvalue weighted by Gasteiger charge is 2.07. The molecule has 0 aliphatic carbocycles. The van der Waals surface area contributed by atoms with Gasteiger partial charge in [-0.25, -0.2) is 4.98 Å². The lowest BCUT2D eigenvalue weighted by molar-refractivity contribution is 0.598. The van der Waals surface area contributed by atoms with Crippen LogP contribution < -0.4 is 5.73 Å². The van der Waals surface area contributed by atoms with Gasteiger partial charge < -0.3 is 10.3 Å². The van der Waals surface area contributed by atoms with E-state index >= 15 is 0 Å². The van der Waals surface area contributed by atoms with Crippen molar-refractivity contribution in [3.8, 4) is 11.4 Å². The van der Waals surface area contributed by atoms with E-state index in [0.717, 1.165) is 17.9 Å². The van der Waals surface area contributed by atoms with Gasteiger partial charge in [-0.1, -0.05) is 5.21 Å². The average Bonchev–Trinajstić information content (AvgIpc) is 2.84. The number of rotatable bonds is 4. The molecule has 6 heteroatoms. The standard InChI is InChI=1S/C9H14N6/c1-2-14-7-11-5-9(14)8-6-15(4-3-10)13-12-8/h5-7H,2-4,10H2,1H3. The molecular weight excluding hydrogens is 192 g/mol. The van der Waals surface area contributed by atoms with Crippen LogP contribution in [0, 0.1) is 0 Å². The first kappa shape index (κ1) is 9.85. The number of aromatic nitrogens is 5. The number of aryl methyl sites for hydroxylation is 1. The lowest BCUT2D eigenvalue weighted by Crippen LogP contribution is -2.10. The van der Waals surface area contributed by atoms with Crippen LogP contribution >= 0.6 is 0 Å². The Morgan fingerprint density at radius 1 is 1.47 bits per heavy atom. The van der Waals surface area contributed by atoms with Gasteiger partial charge in [-0.3, -0.25) is 4.68 Å². The van der Waals surface area contributed by atoms with Crippen LogP contribution in [0.4, 0.5) is 0 Å². The highest BCUT2D eigenvalue weighted by Crippen LogP contribution is 2.14. The van der Waals surface area contributed by atoms with Crippen molar-refractivity contribution in [2.45, 2.75) is 20.0 Å². The maximum atomic E-state index is 5.44. The molecule has 0 aliphatic rings. The van der Waals surface area contributed by atoms with E-state index in [4.69, 9.17) is 5.73 Å². The third kappa shape index (κ3) is 1.89. The minimum absolute atomic E-state index is 0.565. The van der Waals surface area contributed by atoms with Gasteiger partial charge in [0.05, 0.1) is 31.0 Å². The van der Waals surface area contributed by atoms with Gasteiger partial charge in [-0.15, -0.1) is 5.10 Å². The van der Waals surface area contributed by atoms with Crippen molar-refractivity contribution in [1.29, 1.82) is 0 Å². The zero-order valence-corrected chi connectivity index (χ0v) is 8.67. The Balaban J connectivity index is 2.28. The first-order valence-electron chi connectivity index (χ1n) is 4.96. The van der Waals surface area contributed by atoms with Gasteiger partial charge in [0.25, 0.3) is 0 Å². The molecule has 2 aromatic heterocycles. The molecule has 2 rings (SSSR count). The van der Waals surface area contributed by atoms with Gasteiger partial charge in [0.1, 0.15) is 5.69 Å². The molecule has 2 N–H and O–H groups in total. The number of hydrogen-bond acceptors (Lipinski definition) is 4. The summed E-state index contributed by atoms with van der Waals surface area (Å²) >= 11 is 0. The lowest BCUT2D eigenvalue weighted by atomic mass is 10.3. The predicted octanol–water partition coefficient (Wildman–Crippen LogP) is 0.120.